The Balaban J connectivity index is 2.65. The monoisotopic (exact) mass is 207 g/mol. The topological polar surface area (TPSA) is 20.3 Å². The molecule has 0 spiro atoms. The molecule has 74 valence electrons. The molecule has 1 heterocycles. The van der Waals surface area contributed by atoms with E-state index in [9.17, 15) is 4.79 Å². The molecule has 1 aliphatic rings. The Kier molecular flexibility index (Phi) is 2.07. The van der Waals surface area contributed by atoms with Crippen LogP contribution in [0.25, 0.3) is 0 Å². The molecule has 1 aliphatic heterocycles. The molecule has 3 heteroatoms. The molecular formula is C11H13NOS. The molecule has 0 bridgehead atoms. The molecule has 14 heavy (non-hydrogen) atoms. The molecule has 1 atom stereocenters. The van der Waals surface area contributed by atoms with E-state index in [1.807, 2.05) is 44.5 Å². The van der Waals surface area contributed by atoms with Gasteiger partial charge in [0.25, 0.3) is 0 Å². The van der Waals surface area contributed by atoms with Gasteiger partial charge in [-0.15, -0.1) is 11.8 Å². The minimum absolute atomic E-state index is 0.172. The highest BCUT2D eigenvalue weighted by molar-refractivity contribution is 8.00. The summed E-state index contributed by atoms with van der Waals surface area (Å²) in [6.07, 6.45) is 1.98. The van der Waals surface area contributed by atoms with Crippen molar-refractivity contribution in [1.82, 2.24) is 0 Å². The standard InChI is InChI=1S/C11H13NOS/c1-11(14-3)8-6-4-5-7-9(8)12(2)10(11)13/h4-7H,1-3H3. The van der Waals surface area contributed by atoms with Gasteiger partial charge in [0, 0.05) is 18.3 Å². The van der Waals surface area contributed by atoms with Crippen LogP contribution in [0.2, 0.25) is 0 Å². The first kappa shape index (κ1) is 9.59. The first-order valence-corrected chi connectivity index (χ1v) is 5.76. The molecular weight excluding hydrogens is 194 g/mol. The zero-order chi connectivity index (χ0) is 10.3. The van der Waals surface area contributed by atoms with Gasteiger partial charge in [0.05, 0.1) is 0 Å². The van der Waals surface area contributed by atoms with Gasteiger partial charge in [-0.05, 0) is 19.2 Å². The Bertz CT molecular complexity index is 391. The molecule has 0 fully saturated rings. The molecule has 0 aromatic heterocycles. The summed E-state index contributed by atoms with van der Waals surface area (Å²) in [4.78, 5) is 13.8. The van der Waals surface area contributed by atoms with Gasteiger partial charge in [0.1, 0.15) is 4.75 Å². The lowest BCUT2D eigenvalue weighted by Gasteiger charge is -2.19. The van der Waals surface area contributed by atoms with Gasteiger partial charge < -0.3 is 4.90 Å². The van der Waals surface area contributed by atoms with E-state index < -0.39 is 4.75 Å². The van der Waals surface area contributed by atoms with Crippen molar-refractivity contribution in [3.63, 3.8) is 0 Å². The second-order valence-electron chi connectivity index (χ2n) is 3.62. The van der Waals surface area contributed by atoms with Crippen LogP contribution in [0.3, 0.4) is 0 Å². The highest BCUT2D eigenvalue weighted by Gasteiger charge is 2.45. The van der Waals surface area contributed by atoms with Gasteiger partial charge in [-0.2, -0.15) is 0 Å². The number of fused-ring (bicyclic) bond motifs is 1. The van der Waals surface area contributed by atoms with E-state index in [0.29, 0.717) is 0 Å². The van der Waals surface area contributed by atoms with Crippen LogP contribution in [-0.2, 0) is 9.54 Å². The summed E-state index contributed by atoms with van der Waals surface area (Å²) in [5.41, 5.74) is 2.16. The van der Waals surface area contributed by atoms with Crippen molar-refractivity contribution in [3.8, 4) is 0 Å². The second kappa shape index (κ2) is 3.02. The smallest absolute Gasteiger partial charge is 0.247 e. The summed E-state index contributed by atoms with van der Waals surface area (Å²) in [6.45, 7) is 1.99. The highest BCUT2D eigenvalue weighted by atomic mass is 32.2. The summed E-state index contributed by atoms with van der Waals surface area (Å²) in [5.74, 6) is 0.172. The molecule has 1 amide bonds. The second-order valence-corrected chi connectivity index (χ2v) is 4.84. The fourth-order valence-corrected chi connectivity index (χ4v) is 2.62. The van der Waals surface area contributed by atoms with Gasteiger partial charge in [-0.25, -0.2) is 0 Å². The lowest BCUT2D eigenvalue weighted by molar-refractivity contribution is -0.119. The third-order valence-electron chi connectivity index (χ3n) is 2.90. The summed E-state index contributed by atoms with van der Waals surface area (Å²) in [6, 6.07) is 7.98. The Morgan fingerprint density at radius 3 is 2.64 bits per heavy atom. The van der Waals surface area contributed by atoms with E-state index in [4.69, 9.17) is 0 Å². The molecule has 1 aromatic carbocycles. The van der Waals surface area contributed by atoms with Gasteiger partial charge in [-0.1, -0.05) is 18.2 Å². The molecule has 0 radical (unpaired) electrons. The number of anilines is 1. The lowest BCUT2D eigenvalue weighted by atomic mass is 10.0. The van der Waals surface area contributed by atoms with E-state index in [1.54, 1.807) is 16.7 Å². The average molecular weight is 207 g/mol. The van der Waals surface area contributed by atoms with Crippen LogP contribution in [0.1, 0.15) is 12.5 Å². The SMILES string of the molecule is CSC1(C)C(=O)N(C)c2ccccc21. The largest absolute Gasteiger partial charge is 0.314 e. The number of thioether (sulfide) groups is 1. The molecule has 0 saturated carbocycles. The van der Waals surface area contributed by atoms with Crippen molar-refractivity contribution < 1.29 is 4.79 Å². The van der Waals surface area contributed by atoms with Crippen molar-refractivity contribution in [2.24, 2.45) is 0 Å². The normalized spacial score (nSPS) is 25.4. The number of rotatable bonds is 1. The maximum Gasteiger partial charge on any atom is 0.247 e. The number of carbonyl (C=O) groups is 1. The van der Waals surface area contributed by atoms with Crippen LogP contribution < -0.4 is 4.90 Å². The predicted molar refractivity (Wildman–Crippen MR) is 60.7 cm³/mol. The van der Waals surface area contributed by atoms with Gasteiger partial charge >= 0.3 is 0 Å². The molecule has 2 nitrogen and oxygen atoms in total. The highest BCUT2D eigenvalue weighted by Crippen LogP contribution is 2.46. The molecule has 0 saturated heterocycles. The first-order valence-electron chi connectivity index (χ1n) is 4.54. The lowest BCUT2D eigenvalue weighted by Crippen LogP contribution is -2.33. The maximum atomic E-state index is 12.0. The number of carbonyl (C=O) groups excluding carboxylic acids is 1. The minimum atomic E-state index is -0.397. The van der Waals surface area contributed by atoms with Crippen LogP contribution in [0, 0.1) is 0 Å². The zero-order valence-corrected chi connectivity index (χ0v) is 9.39. The van der Waals surface area contributed by atoms with Crippen molar-refractivity contribution >= 4 is 23.4 Å². The average Bonchev–Trinajstić information content (AvgIpc) is 2.43. The predicted octanol–water partition coefficient (Wildman–Crippen LogP) is 2.24. The molecule has 0 aliphatic carbocycles. The van der Waals surface area contributed by atoms with Crippen LogP contribution in [0.15, 0.2) is 24.3 Å². The Morgan fingerprint density at radius 2 is 2.00 bits per heavy atom. The van der Waals surface area contributed by atoms with Gasteiger partial charge in [0.15, 0.2) is 0 Å². The Hall–Kier alpha value is -0.960. The number of benzene rings is 1. The Labute approximate surface area is 88.3 Å². The fraction of sp³-hybridized carbons (Fsp3) is 0.364. The van der Waals surface area contributed by atoms with Crippen molar-refractivity contribution in [1.29, 1.82) is 0 Å². The molecule has 1 unspecified atom stereocenters. The summed E-state index contributed by atoms with van der Waals surface area (Å²) in [5, 5.41) is 0. The van der Waals surface area contributed by atoms with Crippen molar-refractivity contribution in [2.45, 2.75) is 11.7 Å². The minimum Gasteiger partial charge on any atom is -0.314 e. The quantitative estimate of drug-likeness (QED) is 0.704. The van der Waals surface area contributed by atoms with E-state index in [0.717, 1.165) is 11.3 Å². The molecule has 1 aromatic rings. The van der Waals surface area contributed by atoms with E-state index in [-0.39, 0.29) is 5.91 Å². The third-order valence-corrected chi connectivity index (χ3v) is 4.11. The summed E-state index contributed by atoms with van der Waals surface area (Å²) in [7, 11) is 1.84. The van der Waals surface area contributed by atoms with Crippen LogP contribution >= 0.6 is 11.8 Å². The van der Waals surface area contributed by atoms with Crippen LogP contribution in [-0.4, -0.2) is 19.2 Å². The van der Waals surface area contributed by atoms with E-state index in [1.165, 1.54) is 0 Å². The number of amides is 1. The third kappa shape index (κ3) is 1.02. The van der Waals surface area contributed by atoms with Crippen LogP contribution in [0.4, 0.5) is 5.69 Å². The van der Waals surface area contributed by atoms with Crippen molar-refractivity contribution in [2.75, 3.05) is 18.2 Å². The van der Waals surface area contributed by atoms with Gasteiger partial charge in [0.2, 0.25) is 5.91 Å². The summed E-state index contributed by atoms with van der Waals surface area (Å²) >= 11 is 1.60. The number of likely N-dealkylation sites (N-methyl/N-ethyl adjacent to an activating group) is 1. The zero-order valence-electron chi connectivity index (χ0n) is 8.57. The number of nitrogens with zero attached hydrogens (tertiary/aromatic N) is 1. The Morgan fingerprint density at radius 1 is 1.36 bits per heavy atom. The number of para-hydroxylation sites is 1. The van der Waals surface area contributed by atoms with Crippen LogP contribution in [0.5, 0.6) is 0 Å². The molecule has 0 N–H and O–H groups in total. The van der Waals surface area contributed by atoms with Gasteiger partial charge in [-0.3, -0.25) is 4.79 Å². The maximum absolute atomic E-state index is 12.0. The number of hydrogen-bond acceptors (Lipinski definition) is 2. The number of hydrogen-bond donors (Lipinski definition) is 0. The first-order chi connectivity index (χ1) is 6.61. The fourth-order valence-electron chi connectivity index (χ4n) is 1.91. The summed E-state index contributed by atoms with van der Waals surface area (Å²) < 4.78 is -0.397. The van der Waals surface area contributed by atoms with Crippen molar-refractivity contribution in [3.05, 3.63) is 29.8 Å². The molecule has 2 rings (SSSR count). The van der Waals surface area contributed by atoms with E-state index in [2.05, 4.69) is 0 Å². The van der Waals surface area contributed by atoms with E-state index >= 15 is 0 Å².